The number of nitrogens with zero attached hydrogens (tertiary/aromatic N) is 2. The first kappa shape index (κ1) is 18.1. The van der Waals surface area contributed by atoms with Crippen LogP contribution in [0.25, 0.3) is 0 Å². The molecule has 128 valence electrons. The number of halogens is 2. The minimum atomic E-state index is -1.72. The number of aliphatic carboxylic acids is 1. The molecule has 2 N–H and O–H groups in total. The Balaban J connectivity index is 2.33. The van der Waals surface area contributed by atoms with Gasteiger partial charge in [0, 0.05) is 16.2 Å². The number of aromatic nitrogens is 2. The molecule has 0 aliphatic rings. The molecule has 2 rings (SSSR count). The normalized spacial score (nSPS) is 14.7. The largest absolute Gasteiger partial charge is 0.479 e. The first-order chi connectivity index (χ1) is 11.1. The summed E-state index contributed by atoms with van der Waals surface area (Å²) in [4.78, 5) is 24.3. The van der Waals surface area contributed by atoms with Crippen molar-refractivity contribution in [3.05, 3.63) is 52.0 Å². The molecule has 1 amide bonds. The summed E-state index contributed by atoms with van der Waals surface area (Å²) in [6.07, 6.45) is 1.64. The Bertz CT molecular complexity index is 793. The Morgan fingerprint density at radius 2 is 2.08 bits per heavy atom. The molecule has 1 heterocycles. The molecule has 2 unspecified atom stereocenters. The van der Waals surface area contributed by atoms with E-state index in [9.17, 15) is 19.1 Å². The van der Waals surface area contributed by atoms with Crippen molar-refractivity contribution in [3.63, 3.8) is 0 Å². The molecule has 0 aliphatic carbocycles. The van der Waals surface area contributed by atoms with Crippen molar-refractivity contribution in [2.75, 3.05) is 0 Å². The Morgan fingerprint density at radius 1 is 1.42 bits per heavy atom. The number of aryl methyl sites for hydroxylation is 1. The Labute approximate surface area is 146 Å². The molecule has 8 heteroatoms. The van der Waals surface area contributed by atoms with Crippen LogP contribution in [0.3, 0.4) is 0 Å². The van der Waals surface area contributed by atoms with E-state index in [1.54, 1.807) is 26.1 Å². The number of hydrogen-bond donors (Lipinski definition) is 2. The second-order valence-electron chi connectivity index (χ2n) is 5.66. The molecule has 0 aliphatic heterocycles. The molecule has 1 aromatic carbocycles. The molecule has 24 heavy (non-hydrogen) atoms. The van der Waals surface area contributed by atoms with Gasteiger partial charge in [-0.1, -0.05) is 22.0 Å². The fraction of sp³-hybridized carbons (Fsp3) is 0.312. The number of carbonyl (C=O) groups excluding carboxylic acids is 1. The fourth-order valence-corrected chi connectivity index (χ4v) is 3.00. The van der Waals surface area contributed by atoms with Crippen molar-refractivity contribution in [2.24, 2.45) is 0 Å². The van der Waals surface area contributed by atoms with Crippen LogP contribution < -0.4 is 5.32 Å². The zero-order chi connectivity index (χ0) is 18.1. The van der Waals surface area contributed by atoms with E-state index >= 15 is 0 Å². The van der Waals surface area contributed by atoms with Gasteiger partial charge >= 0.3 is 5.97 Å². The zero-order valence-corrected chi connectivity index (χ0v) is 15.0. The summed E-state index contributed by atoms with van der Waals surface area (Å²) in [5.74, 6) is -2.28. The van der Waals surface area contributed by atoms with Crippen LogP contribution in [0.15, 0.2) is 34.9 Å². The third-order valence-corrected chi connectivity index (χ3v) is 4.44. The molecule has 0 spiro atoms. The number of carbonyl (C=O) groups is 2. The predicted octanol–water partition coefficient (Wildman–Crippen LogP) is 2.77. The number of carboxylic acids is 1. The highest BCUT2D eigenvalue weighted by Gasteiger charge is 2.39. The van der Waals surface area contributed by atoms with Gasteiger partial charge in [-0.2, -0.15) is 5.10 Å². The number of rotatable bonds is 5. The molecular formula is C16H17BrFN3O3. The maximum Gasteiger partial charge on any atom is 0.333 e. The van der Waals surface area contributed by atoms with Crippen molar-refractivity contribution >= 4 is 27.8 Å². The van der Waals surface area contributed by atoms with Crippen LogP contribution in [-0.4, -0.2) is 26.8 Å². The van der Waals surface area contributed by atoms with Gasteiger partial charge in [0.1, 0.15) is 11.9 Å². The van der Waals surface area contributed by atoms with Gasteiger partial charge < -0.3 is 10.4 Å². The van der Waals surface area contributed by atoms with Crippen molar-refractivity contribution < 1.29 is 19.1 Å². The first-order valence-corrected chi connectivity index (χ1v) is 7.97. The maximum absolute atomic E-state index is 13.3. The molecule has 0 saturated heterocycles. The summed E-state index contributed by atoms with van der Waals surface area (Å²) in [5, 5.41) is 16.3. The van der Waals surface area contributed by atoms with Crippen LogP contribution >= 0.6 is 15.9 Å². The fourth-order valence-electron chi connectivity index (χ4n) is 2.25. The van der Waals surface area contributed by atoms with Crippen LogP contribution in [0.4, 0.5) is 4.39 Å². The Hall–Kier alpha value is -2.22. The van der Waals surface area contributed by atoms with Gasteiger partial charge in [0.2, 0.25) is 5.91 Å². The average molecular weight is 398 g/mol. The molecule has 0 fully saturated rings. The lowest BCUT2D eigenvalue weighted by Gasteiger charge is -2.29. The topological polar surface area (TPSA) is 84.2 Å². The van der Waals surface area contributed by atoms with Crippen LogP contribution in [0, 0.1) is 12.7 Å². The van der Waals surface area contributed by atoms with E-state index in [1.807, 2.05) is 0 Å². The van der Waals surface area contributed by atoms with Crippen LogP contribution in [0.2, 0.25) is 0 Å². The summed E-state index contributed by atoms with van der Waals surface area (Å²) in [7, 11) is 0. The highest BCUT2D eigenvalue weighted by Crippen LogP contribution is 2.30. The van der Waals surface area contributed by atoms with Gasteiger partial charge in [0.05, 0.1) is 5.69 Å². The molecule has 1 aromatic heterocycles. The summed E-state index contributed by atoms with van der Waals surface area (Å²) >= 11 is 3.15. The number of hydrogen-bond acceptors (Lipinski definition) is 3. The van der Waals surface area contributed by atoms with Crippen LogP contribution in [0.5, 0.6) is 0 Å². The second kappa shape index (κ2) is 6.72. The van der Waals surface area contributed by atoms with Crippen molar-refractivity contribution in [3.8, 4) is 0 Å². The van der Waals surface area contributed by atoms with Crippen molar-refractivity contribution in [1.82, 2.24) is 15.1 Å². The third-order valence-electron chi connectivity index (χ3n) is 3.79. The smallest absolute Gasteiger partial charge is 0.333 e. The average Bonchev–Trinajstić information content (AvgIpc) is 2.92. The molecule has 2 atom stereocenters. The molecule has 0 bridgehead atoms. The number of carboxylic acid groups (broad SMARTS) is 1. The van der Waals surface area contributed by atoms with Crippen LogP contribution in [0.1, 0.15) is 31.1 Å². The van der Waals surface area contributed by atoms with Gasteiger partial charge in [-0.3, -0.25) is 9.48 Å². The first-order valence-electron chi connectivity index (χ1n) is 7.18. The number of benzene rings is 1. The zero-order valence-electron chi connectivity index (χ0n) is 13.4. The van der Waals surface area contributed by atoms with Crippen LogP contribution in [-0.2, 0) is 15.1 Å². The number of amides is 1. The van der Waals surface area contributed by atoms with Gasteiger partial charge in [-0.05, 0) is 39.0 Å². The molecule has 2 aromatic rings. The van der Waals surface area contributed by atoms with Crippen molar-refractivity contribution in [1.29, 1.82) is 0 Å². The summed E-state index contributed by atoms with van der Waals surface area (Å²) in [6, 6.07) is 4.68. The van der Waals surface area contributed by atoms with Gasteiger partial charge in [0.25, 0.3) is 0 Å². The predicted molar refractivity (Wildman–Crippen MR) is 88.9 cm³/mol. The minimum absolute atomic E-state index is 0.244. The second-order valence-corrected chi connectivity index (χ2v) is 6.51. The Kier molecular flexibility index (Phi) is 5.08. The third kappa shape index (κ3) is 3.48. The minimum Gasteiger partial charge on any atom is -0.479 e. The van der Waals surface area contributed by atoms with E-state index in [-0.39, 0.29) is 10.0 Å². The standard InChI is InChI=1S/C16H17BrFN3O3/c1-9-6-7-21(20-9)10(2)14(22)19-16(3,15(23)24)12-5-4-11(18)8-13(12)17/h4-8,10H,1-3H3,(H,19,22)(H,23,24). The highest BCUT2D eigenvalue weighted by atomic mass is 79.9. The molecule has 6 nitrogen and oxygen atoms in total. The molecule has 0 radical (unpaired) electrons. The van der Waals surface area contributed by atoms with E-state index in [0.717, 1.165) is 17.8 Å². The van der Waals surface area contributed by atoms with E-state index in [4.69, 9.17) is 0 Å². The van der Waals surface area contributed by atoms with Gasteiger partial charge in [-0.25, -0.2) is 9.18 Å². The summed E-state index contributed by atoms with van der Waals surface area (Å²) < 4.78 is 15.0. The van der Waals surface area contributed by atoms with Crippen molar-refractivity contribution in [2.45, 2.75) is 32.4 Å². The van der Waals surface area contributed by atoms with E-state index in [1.165, 1.54) is 17.7 Å². The quantitative estimate of drug-likeness (QED) is 0.812. The SMILES string of the molecule is Cc1ccn(C(C)C(=O)NC(C)(C(=O)O)c2ccc(F)cc2Br)n1. The molecular weight excluding hydrogens is 381 g/mol. The summed E-state index contributed by atoms with van der Waals surface area (Å²) in [5.41, 5.74) is -0.731. The van der Waals surface area contributed by atoms with E-state index in [0.29, 0.717) is 0 Å². The maximum atomic E-state index is 13.3. The lowest BCUT2D eigenvalue weighted by Crippen LogP contribution is -2.51. The van der Waals surface area contributed by atoms with E-state index in [2.05, 4.69) is 26.3 Å². The number of nitrogens with one attached hydrogen (secondary N) is 1. The lowest BCUT2D eigenvalue weighted by molar-refractivity contribution is -0.148. The lowest BCUT2D eigenvalue weighted by atomic mass is 9.91. The van der Waals surface area contributed by atoms with Gasteiger partial charge in [-0.15, -0.1) is 0 Å². The Morgan fingerprint density at radius 3 is 2.58 bits per heavy atom. The highest BCUT2D eigenvalue weighted by molar-refractivity contribution is 9.10. The van der Waals surface area contributed by atoms with E-state index < -0.39 is 29.3 Å². The van der Waals surface area contributed by atoms with Gasteiger partial charge in [0.15, 0.2) is 5.54 Å². The summed E-state index contributed by atoms with van der Waals surface area (Å²) in [6.45, 7) is 4.76. The monoisotopic (exact) mass is 397 g/mol. The molecule has 0 saturated carbocycles.